The van der Waals surface area contributed by atoms with Crippen LogP contribution >= 0.6 is 0 Å². The first kappa shape index (κ1) is 9.90. The van der Waals surface area contributed by atoms with Gasteiger partial charge in [-0.3, -0.25) is 0 Å². The summed E-state index contributed by atoms with van der Waals surface area (Å²) in [5.41, 5.74) is 0.557. The maximum absolute atomic E-state index is 10.1. The predicted octanol–water partition coefficient (Wildman–Crippen LogP) is 1.82. The van der Waals surface area contributed by atoms with Gasteiger partial charge >= 0.3 is 0 Å². The number of rotatable bonds is 3. The maximum Gasteiger partial charge on any atom is 0.240 e. The molecule has 0 unspecified atom stereocenters. The first-order chi connectivity index (χ1) is 7.38. The van der Waals surface area contributed by atoms with E-state index in [-0.39, 0.29) is 6.10 Å². The summed E-state index contributed by atoms with van der Waals surface area (Å²) in [6.45, 7) is 1.37. The number of nitrogens with zero attached hydrogens (tertiary/aromatic N) is 1. The lowest BCUT2D eigenvalue weighted by Crippen LogP contribution is -2.15. The molecule has 1 saturated heterocycles. The van der Waals surface area contributed by atoms with Crippen molar-refractivity contribution in [1.82, 2.24) is 0 Å². The topological polar surface area (TPSA) is 47.9 Å². The van der Waals surface area contributed by atoms with Crippen molar-refractivity contribution in [1.29, 1.82) is 0 Å². The molecular weight excluding hydrogens is 194 g/mol. The molecule has 0 N–H and O–H groups in total. The number of benzene rings is 1. The van der Waals surface area contributed by atoms with Gasteiger partial charge in [0.15, 0.2) is 0 Å². The molecule has 4 heteroatoms. The molecule has 0 bridgehead atoms. The van der Waals surface area contributed by atoms with E-state index >= 15 is 0 Å². The van der Waals surface area contributed by atoms with Gasteiger partial charge in [-0.25, -0.2) is 4.79 Å². The average molecular weight is 205 g/mol. The lowest BCUT2D eigenvalue weighted by atomic mass is 10.3. The Morgan fingerprint density at radius 1 is 1.53 bits per heavy atom. The van der Waals surface area contributed by atoms with E-state index in [1.54, 1.807) is 18.2 Å². The van der Waals surface area contributed by atoms with Crippen LogP contribution in [0, 0.1) is 0 Å². The van der Waals surface area contributed by atoms with Gasteiger partial charge in [-0.2, -0.15) is 4.99 Å². The van der Waals surface area contributed by atoms with Crippen LogP contribution in [-0.2, 0) is 9.53 Å². The van der Waals surface area contributed by atoms with Crippen LogP contribution in [0.1, 0.15) is 6.42 Å². The lowest BCUT2D eigenvalue weighted by molar-refractivity contribution is 0.141. The minimum absolute atomic E-state index is 0.112. The molecule has 1 fully saturated rings. The molecule has 0 aromatic heterocycles. The van der Waals surface area contributed by atoms with Gasteiger partial charge in [0, 0.05) is 12.5 Å². The van der Waals surface area contributed by atoms with Crippen molar-refractivity contribution in [2.24, 2.45) is 4.99 Å². The van der Waals surface area contributed by atoms with Crippen molar-refractivity contribution in [3.8, 4) is 5.75 Å². The zero-order valence-corrected chi connectivity index (χ0v) is 8.18. The van der Waals surface area contributed by atoms with Crippen LogP contribution in [0.3, 0.4) is 0 Å². The highest BCUT2D eigenvalue weighted by Gasteiger charge is 2.16. The Morgan fingerprint density at radius 2 is 2.47 bits per heavy atom. The fourth-order valence-electron chi connectivity index (χ4n) is 1.48. The highest BCUT2D eigenvalue weighted by Crippen LogP contribution is 2.22. The summed E-state index contributed by atoms with van der Waals surface area (Å²) in [6.07, 6.45) is 2.52. The molecule has 1 aromatic carbocycles. The van der Waals surface area contributed by atoms with E-state index in [9.17, 15) is 4.79 Å². The molecule has 1 atom stereocenters. The molecule has 78 valence electrons. The van der Waals surface area contributed by atoms with Crippen molar-refractivity contribution < 1.29 is 14.3 Å². The molecule has 15 heavy (non-hydrogen) atoms. The normalized spacial score (nSPS) is 19.6. The monoisotopic (exact) mass is 205 g/mol. The molecule has 1 aliphatic rings. The van der Waals surface area contributed by atoms with E-state index in [1.807, 2.05) is 6.07 Å². The van der Waals surface area contributed by atoms with Crippen molar-refractivity contribution in [3.05, 3.63) is 24.3 Å². The smallest absolute Gasteiger partial charge is 0.240 e. The summed E-state index contributed by atoms with van der Waals surface area (Å²) in [5, 5.41) is 0. The molecule has 0 spiro atoms. The van der Waals surface area contributed by atoms with Crippen LogP contribution in [0.5, 0.6) is 5.75 Å². The van der Waals surface area contributed by atoms with Gasteiger partial charge in [0.2, 0.25) is 6.08 Å². The largest absolute Gasteiger partial charge is 0.488 e. The number of isocyanates is 1. The summed E-state index contributed by atoms with van der Waals surface area (Å²) in [7, 11) is 0. The van der Waals surface area contributed by atoms with Gasteiger partial charge in [-0.1, -0.05) is 6.07 Å². The third kappa shape index (κ3) is 2.65. The number of aliphatic imine (C=N–C) groups is 1. The van der Waals surface area contributed by atoms with Gasteiger partial charge in [-0.15, -0.1) is 0 Å². The summed E-state index contributed by atoms with van der Waals surface area (Å²) in [6, 6.07) is 7.07. The average Bonchev–Trinajstić information content (AvgIpc) is 2.71. The molecule has 0 aliphatic carbocycles. The fraction of sp³-hybridized carbons (Fsp3) is 0.364. The van der Waals surface area contributed by atoms with Gasteiger partial charge in [-0.05, 0) is 12.1 Å². The number of ether oxygens (including phenoxy) is 2. The van der Waals surface area contributed by atoms with Crippen LogP contribution in [-0.4, -0.2) is 25.4 Å². The van der Waals surface area contributed by atoms with Crippen molar-refractivity contribution >= 4 is 11.8 Å². The standard InChI is InChI=1S/C11H11NO3/c13-8-12-9-2-1-3-10(6-9)15-11-4-5-14-7-11/h1-3,6,11H,4-5,7H2/t11-/m0/s1. The first-order valence-corrected chi connectivity index (χ1v) is 4.81. The lowest BCUT2D eigenvalue weighted by Gasteiger charge is -2.11. The second kappa shape index (κ2) is 4.73. The highest BCUT2D eigenvalue weighted by molar-refractivity contribution is 5.51. The number of carbonyl (C=O) groups excluding carboxylic acids is 1. The Hall–Kier alpha value is -1.64. The minimum atomic E-state index is 0.112. The Balaban J connectivity index is 2.06. The quantitative estimate of drug-likeness (QED) is 0.558. The molecule has 1 aromatic rings. The van der Waals surface area contributed by atoms with Crippen LogP contribution in [0.4, 0.5) is 5.69 Å². The zero-order valence-electron chi connectivity index (χ0n) is 8.18. The molecule has 1 heterocycles. The van der Waals surface area contributed by atoms with Gasteiger partial charge in [0.1, 0.15) is 11.9 Å². The van der Waals surface area contributed by atoms with Gasteiger partial charge in [0.25, 0.3) is 0 Å². The molecule has 0 radical (unpaired) electrons. The number of hydrogen-bond acceptors (Lipinski definition) is 4. The molecule has 2 rings (SSSR count). The highest BCUT2D eigenvalue weighted by atomic mass is 16.5. The summed E-state index contributed by atoms with van der Waals surface area (Å²) >= 11 is 0. The summed E-state index contributed by atoms with van der Waals surface area (Å²) in [5.74, 6) is 0.710. The molecule has 1 aliphatic heterocycles. The molecule has 0 saturated carbocycles. The van der Waals surface area contributed by atoms with E-state index in [1.165, 1.54) is 6.08 Å². The zero-order chi connectivity index (χ0) is 10.5. The number of hydrogen-bond donors (Lipinski definition) is 0. The van der Waals surface area contributed by atoms with Crippen LogP contribution in [0.2, 0.25) is 0 Å². The van der Waals surface area contributed by atoms with E-state index in [2.05, 4.69) is 4.99 Å². The fourth-order valence-corrected chi connectivity index (χ4v) is 1.48. The van der Waals surface area contributed by atoms with Crippen molar-refractivity contribution in [3.63, 3.8) is 0 Å². The Kier molecular flexibility index (Phi) is 3.12. The summed E-state index contributed by atoms with van der Waals surface area (Å²) in [4.78, 5) is 13.6. The second-order valence-corrected chi connectivity index (χ2v) is 3.30. The SMILES string of the molecule is O=C=Nc1cccc(O[C@H]2CCOC2)c1. The van der Waals surface area contributed by atoms with E-state index in [4.69, 9.17) is 9.47 Å². The van der Waals surface area contributed by atoms with Gasteiger partial charge < -0.3 is 9.47 Å². The third-order valence-electron chi connectivity index (χ3n) is 2.18. The Labute approximate surface area is 87.5 Å². The van der Waals surface area contributed by atoms with E-state index < -0.39 is 0 Å². The second-order valence-electron chi connectivity index (χ2n) is 3.30. The van der Waals surface area contributed by atoms with E-state index in [0.29, 0.717) is 18.0 Å². The Morgan fingerprint density at radius 3 is 3.20 bits per heavy atom. The van der Waals surface area contributed by atoms with Crippen LogP contribution in [0.15, 0.2) is 29.3 Å². The van der Waals surface area contributed by atoms with Crippen LogP contribution in [0.25, 0.3) is 0 Å². The van der Waals surface area contributed by atoms with E-state index in [0.717, 1.165) is 13.0 Å². The van der Waals surface area contributed by atoms with Crippen molar-refractivity contribution in [2.45, 2.75) is 12.5 Å². The maximum atomic E-state index is 10.1. The Bertz CT molecular complexity index is 379. The van der Waals surface area contributed by atoms with Gasteiger partial charge in [0.05, 0.1) is 18.9 Å². The van der Waals surface area contributed by atoms with Crippen LogP contribution < -0.4 is 4.74 Å². The summed E-state index contributed by atoms with van der Waals surface area (Å²) < 4.78 is 10.8. The molecule has 0 amide bonds. The molecular formula is C11H11NO3. The predicted molar refractivity (Wildman–Crippen MR) is 54.1 cm³/mol. The first-order valence-electron chi connectivity index (χ1n) is 4.81. The minimum Gasteiger partial charge on any atom is -0.488 e. The van der Waals surface area contributed by atoms with Crippen molar-refractivity contribution in [2.75, 3.05) is 13.2 Å². The molecule has 4 nitrogen and oxygen atoms in total. The third-order valence-corrected chi connectivity index (χ3v) is 2.18.